The molecule has 0 unspecified atom stereocenters. The Labute approximate surface area is 83.3 Å². The standard InChI is InChI=1S/C12H14FN/c13-10-3-1-2-9(6-10)12-4-5-14-11(7-12)8-12/h1-3,6,11,14H,4-5,7-8H2. The van der Waals surface area contributed by atoms with E-state index in [4.69, 9.17) is 0 Å². The molecule has 1 N–H and O–H groups in total. The molecule has 1 aromatic carbocycles. The first-order valence-electron chi connectivity index (χ1n) is 5.28. The molecule has 2 heterocycles. The van der Waals surface area contributed by atoms with Crippen molar-refractivity contribution in [1.29, 1.82) is 0 Å². The van der Waals surface area contributed by atoms with Crippen LogP contribution >= 0.6 is 0 Å². The molecule has 0 aromatic heterocycles. The van der Waals surface area contributed by atoms with Crippen molar-refractivity contribution >= 4 is 0 Å². The molecule has 2 aliphatic heterocycles. The Hall–Kier alpha value is -0.890. The number of piperidine rings is 2. The predicted octanol–water partition coefficient (Wildman–Crippen LogP) is 2.22. The summed E-state index contributed by atoms with van der Waals surface area (Å²) in [7, 11) is 0. The van der Waals surface area contributed by atoms with Gasteiger partial charge in [0.15, 0.2) is 0 Å². The molecule has 2 saturated heterocycles. The van der Waals surface area contributed by atoms with Gasteiger partial charge in [-0.1, -0.05) is 12.1 Å². The van der Waals surface area contributed by atoms with Gasteiger partial charge in [0.25, 0.3) is 0 Å². The van der Waals surface area contributed by atoms with Crippen LogP contribution in [0.4, 0.5) is 4.39 Å². The summed E-state index contributed by atoms with van der Waals surface area (Å²) >= 11 is 0. The van der Waals surface area contributed by atoms with E-state index in [9.17, 15) is 4.39 Å². The van der Waals surface area contributed by atoms with Crippen LogP contribution in [0.2, 0.25) is 0 Å². The summed E-state index contributed by atoms with van der Waals surface area (Å²) in [6.45, 7) is 1.08. The van der Waals surface area contributed by atoms with Crippen molar-refractivity contribution in [1.82, 2.24) is 5.32 Å². The highest BCUT2D eigenvalue weighted by atomic mass is 19.1. The van der Waals surface area contributed by atoms with Crippen LogP contribution in [0.5, 0.6) is 0 Å². The Balaban J connectivity index is 1.95. The van der Waals surface area contributed by atoms with Crippen LogP contribution in [0.3, 0.4) is 0 Å². The summed E-state index contributed by atoms with van der Waals surface area (Å²) < 4.78 is 13.1. The average molecular weight is 191 g/mol. The molecule has 14 heavy (non-hydrogen) atoms. The lowest BCUT2D eigenvalue weighted by Gasteiger charge is -2.53. The molecule has 4 rings (SSSR count). The molecule has 1 aliphatic carbocycles. The Morgan fingerprint density at radius 1 is 1.36 bits per heavy atom. The predicted molar refractivity (Wildman–Crippen MR) is 53.7 cm³/mol. The van der Waals surface area contributed by atoms with Gasteiger partial charge in [-0.05, 0) is 48.9 Å². The minimum absolute atomic E-state index is 0.0983. The normalized spacial score (nSPS) is 35.1. The van der Waals surface area contributed by atoms with Crippen molar-refractivity contribution in [2.45, 2.75) is 30.7 Å². The highest BCUT2D eigenvalue weighted by Gasteiger charge is 2.47. The van der Waals surface area contributed by atoms with E-state index in [1.807, 2.05) is 6.07 Å². The first kappa shape index (κ1) is 8.42. The molecule has 2 heteroatoms. The van der Waals surface area contributed by atoms with Gasteiger partial charge in [-0.2, -0.15) is 0 Å². The van der Waals surface area contributed by atoms with Crippen LogP contribution in [-0.4, -0.2) is 12.6 Å². The molecule has 0 radical (unpaired) electrons. The molecule has 2 bridgehead atoms. The lowest BCUT2D eigenvalue weighted by atomic mass is 9.57. The fourth-order valence-corrected chi connectivity index (χ4v) is 2.95. The summed E-state index contributed by atoms with van der Waals surface area (Å²) in [4.78, 5) is 0. The van der Waals surface area contributed by atoms with Crippen molar-refractivity contribution < 1.29 is 4.39 Å². The Morgan fingerprint density at radius 2 is 2.21 bits per heavy atom. The number of fused-ring (bicyclic) bond motifs is 2. The van der Waals surface area contributed by atoms with Gasteiger partial charge in [-0.3, -0.25) is 0 Å². The minimum atomic E-state index is -0.0983. The van der Waals surface area contributed by atoms with Gasteiger partial charge < -0.3 is 5.32 Å². The minimum Gasteiger partial charge on any atom is -0.314 e. The number of rotatable bonds is 1. The summed E-state index contributed by atoms with van der Waals surface area (Å²) in [5.74, 6) is -0.0983. The van der Waals surface area contributed by atoms with E-state index in [-0.39, 0.29) is 5.82 Å². The van der Waals surface area contributed by atoms with Crippen LogP contribution in [0.1, 0.15) is 24.8 Å². The summed E-state index contributed by atoms with van der Waals surface area (Å²) in [5.41, 5.74) is 1.51. The van der Waals surface area contributed by atoms with Crippen molar-refractivity contribution in [3.63, 3.8) is 0 Å². The first-order valence-corrected chi connectivity index (χ1v) is 5.28. The van der Waals surface area contributed by atoms with E-state index < -0.39 is 0 Å². The molecule has 1 aromatic rings. The Kier molecular flexibility index (Phi) is 1.68. The van der Waals surface area contributed by atoms with Crippen molar-refractivity contribution in [2.24, 2.45) is 0 Å². The van der Waals surface area contributed by atoms with Crippen LogP contribution in [-0.2, 0) is 5.41 Å². The topological polar surface area (TPSA) is 12.0 Å². The third kappa shape index (κ3) is 1.10. The molecule has 0 amide bonds. The van der Waals surface area contributed by atoms with E-state index >= 15 is 0 Å². The van der Waals surface area contributed by atoms with Crippen LogP contribution in [0, 0.1) is 5.82 Å². The van der Waals surface area contributed by atoms with E-state index in [1.165, 1.54) is 24.5 Å². The van der Waals surface area contributed by atoms with Gasteiger partial charge in [-0.15, -0.1) is 0 Å². The Morgan fingerprint density at radius 3 is 2.86 bits per heavy atom. The van der Waals surface area contributed by atoms with Gasteiger partial charge in [0, 0.05) is 6.04 Å². The monoisotopic (exact) mass is 191 g/mol. The average Bonchev–Trinajstić information content (AvgIpc) is 2.17. The maximum absolute atomic E-state index is 13.1. The van der Waals surface area contributed by atoms with E-state index in [0.29, 0.717) is 11.5 Å². The van der Waals surface area contributed by atoms with Gasteiger partial charge in [0.1, 0.15) is 5.82 Å². The number of nitrogens with one attached hydrogen (secondary N) is 1. The fourth-order valence-electron chi connectivity index (χ4n) is 2.95. The Bertz CT molecular complexity index is 350. The summed E-state index contributed by atoms with van der Waals surface area (Å²) in [5, 5.41) is 3.46. The SMILES string of the molecule is Fc1cccc(C23CCNC(C2)C3)c1. The van der Waals surface area contributed by atoms with Crippen LogP contribution in [0.25, 0.3) is 0 Å². The first-order chi connectivity index (χ1) is 6.78. The van der Waals surface area contributed by atoms with Crippen molar-refractivity contribution in [3.8, 4) is 0 Å². The van der Waals surface area contributed by atoms with Crippen LogP contribution in [0.15, 0.2) is 24.3 Å². The second-order valence-corrected chi connectivity index (χ2v) is 4.60. The molecule has 74 valence electrons. The number of hydrogen-bond donors (Lipinski definition) is 1. The largest absolute Gasteiger partial charge is 0.314 e. The summed E-state index contributed by atoms with van der Waals surface area (Å²) in [6.07, 6.45) is 3.54. The molecule has 1 saturated carbocycles. The molecule has 3 fully saturated rings. The highest BCUT2D eigenvalue weighted by Crippen LogP contribution is 2.49. The van der Waals surface area contributed by atoms with Gasteiger partial charge in [0.05, 0.1) is 0 Å². The van der Waals surface area contributed by atoms with E-state index in [1.54, 1.807) is 6.07 Å². The van der Waals surface area contributed by atoms with Crippen molar-refractivity contribution in [2.75, 3.05) is 6.54 Å². The maximum Gasteiger partial charge on any atom is 0.123 e. The van der Waals surface area contributed by atoms with Gasteiger partial charge in [0.2, 0.25) is 0 Å². The van der Waals surface area contributed by atoms with Crippen molar-refractivity contribution in [3.05, 3.63) is 35.6 Å². The zero-order valence-electron chi connectivity index (χ0n) is 8.09. The molecule has 3 aliphatic rings. The third-order valence-electron chi connectivity index (χ3n) is 3.75. The maximum atomic E-state index is 13.1. The highest BCUT2D eigenvalue weighted by molar-refractivity contribution is 5.31. The van der Waals surface area contributed by atoms with Gasteiger partial charge in [-0.25, -0.2) is 4.39 Å². The second kappa shape index (κ2) is 2.80. The molecule has 0 atom stereocenters. The van der Waals surface area contributed by atoms with E-state index in [0.717, 1.165) is 13.0 Å². The summed E-state index contributed by atoms with van der Waals surface area (Å²) in [6, 6.07) is 7.82. The molecular formula is C12H14FN. The smallest absolute Gasteiger partial charge is 0.123 e. The zero-order chi connectivity index (χ0) is 9.60. The zero-order valence-corrected chi connectivity index (χ0v) is 8.09. The number of halogens is 1. The molecule has 0 spiro atoms. The van der Waals surface area contributed by atoms with Gasteiger partial charge >= 0.3 is 0 Å². The molecule has 1 nitrogen and oxygen atoms in total. The second-order valence-electron chi connectivity index (χ2n) is 4.60. The lowest BCUT2D eigenvalue weighted by molar-refractivity contribution is 0.110. The number of benzene rings is 1. The quantitative estimate of drug-likeness (QED) is 0.717. The fraction of sp³-hybridized carbons (Fsp3) is 0.500. The van der Waals surface area contributed by atoms with E-state index in [2.05, 4.69) is 11.4 Å². The van der Waals surface area contributed by atoms with Crippen LogP contribution < -0.4 is 5.32 Å². The number of hydrogen-bond acceptors (Lipinski definition) is 1. The third-order valence-corrected chi connectivity index (χ3v) is 3.75. The lowest BCUT2D eigenvalue weighted by Crippen LogP contribution is -2.58. The molecular weight excluding hydrogens is 177 g/mol.